The second-order valence-corrected chi connectivity index (χ2v) is 5.30. The molecule has 108 valence electrons. The van der Waals surface area contributed by atoms with Crippen LogP contribution in [-0.2, 0) is 0 Å². The number of ether oxygens (including phenoxy) is 1. The minimum atomic E-state index is -0.601. The molecule has 0 bridgehead atoms. The van der Waals surface area contributed by atoms with Crippen molar-refractivity contribution in [3.8, 4) is 5.75 Å². The van der Waals surface area contributed by atoms with Crippen LogP contribution in [0.5, 0.6) is 5.75 Å². The van der Waals surface area contributed by atoms with Gasteiger partial charge in [0, 0.05) is 13.1 Å². The predicted molar refractivity (Wildman–Crippen MR) is 80.1 cm³/mol. The molecule has 0 aliphatic carbocycles. The van der Waals surface area contributed by atoms with E-state index in [1.807, 2.05) is 41.1 Å². The van der Waals surface area contributed by atoms with E-state index in [4.69, 9.17) is 4.74 Å². The minimum Gasteiger partial charge on any atom is -0.497 e. The Balaban J connectivity index is 1.78. The lowest BCUT2D eigenvalue weighted by molar-refractivity contribution is 0.147. The molecule has 1 aromatic heterocycles. The van der Waals surface area contributed by atoms with Crippen molar-refractivity contribution in [1.82, 2.24) is 5.32 Å². The molecule has 20 heavy (non-hydrogen) atoms. The van der Waals surface area contributed by atoms with Gasteiger partial charge in [0.1, 0.15) is 5.75 Å². The van der Waals surface area contributed by atoms with E-state index in [-0.39, 0.29) is 0 Å². The number of hydrogen-bond donors (Lipinski definition) is 3. The van der Waals surface area contributed by atoms with Crippen LogP contribution in [0.2, 0.25) is 0 Å². The van der Waals surface area contributed by atoms with E-state index in [2.05, 4.69) is 5.32 Å². The maximum absolute atomic E-state index is 10.0. The van der Waals surface area contributed by atoms with Gasteiger partial charge >= 0.3 is 0 Å². The van der Waals surface area contributed by atoms with Crippen molar-refractivity contribution in [2.75, 3.05) is 20.2 Å². The normalized spacial score (nSPS) is 13.9. The Morgan fingerprint density at radius 2 is 1.70 bits per heavy atom. The summed E-state index contributed by atoms with van der Waals surface area (Å²) in [6.45, 7) is 0.817. The van der Waals surface area contributed by atoms with Crippen LogP contribution in [0.4, 0.5) is 0 Å². The molecule has 0 amide bonds. The number of benzene rings is 1. The van der Waals surface area contributed by atoms with Crippen LogP contribution in [0.25, 0.3) is 0 Å². The number of rotatable bonds is 7. The highest BCUT2D eigenvalue weighted by atomic mass is 32.1. The Morgan fingerprint density at radius 3 is 2.25 bits per heavy atom. The summed E-state index contributed by atoms with van der Waals surface area (Å²) in [5.41, 5.74) is 1.73. The molecular formula is C15H19NO3S. The van der Waals surface area contributed by atoms with E-state index in [0.717, 1.165) is 16.9 Å². The fourth-order valence-electron chi connectivity index (χ4n) is 1.88. The van der Waals surface area contributed by atoms with Gasteiger partial charge in [0.2, 0.25) is 0 Å². The van der Waals surface area contributed by atoms with Crippen molar-refractivity contribution in [2.45, 2.75) is 12.2 Å². The smallest absolute Gasteiger partial charge is 0.118 e. The number of hydrogen-bond acceptors (Lipinski definition) is 5. The lowest BCUT2D eigenvalue weighted by atomic mass is 10.1. The molecule has 0 saturated heterocycles. The van der Waals surface area contributed by atoms with Crippen molar-refractivity contribution < 1.29 is 14.9 Å². The van der Waals surface area contributed by atoms with E-state index in [0.29, 0.717) is 13.1 Å². The topological polar surface area (TPSA) is 61.7 Å². The van der Waals surface area contributed by atoms with Crippen molar-refractivity contribution in [3.63, 3.8) is 0 Å². The fourth-order valence-corrected chi connectivity index (χ4v) is 2.59. The lowest BCUT2D eigenvalue weighted by Crippen LogP contribution is -2.26. The third-order valence-electron chi connectivity index (χ3n) is 3.10. The molecule has 1 heterocycles. The monoisotopic (exact) mass is 293 g/mol. The Morgan fingerprint density at radius 1 is 1.05 bits per heavy atom. The second-order valence-electron chi connectivity index (χ2n) is 4.52. The summed E-state index contributed by atoms with van der Waals surface area (Å²) < 4.78 is 5.07. The Labute approximate surface area is 122 Å². The van der Waals surface area contributed by atoms with Gasteiger partial charge in [0.25, 0.3) is 0 Å². The SMILES string of the molecule is COc1ccc(C(O)CNCC(O)c2ccsc2)cc1. The summed E-state index contributed by atoms with van der Waals surface area (Å²) in [4.78, 5) is 0. The Hall–Kier alpha value is -1.40. The average molecular weight is 293 g/mol. The van der Waals surface area contributed by atoms with E-state index < -0.39 is 12.2 Å². The molecule has 5 heteroatoms. The van der Waals surface area contributed by atoms with E-state index in [9.17, 15) is 10.2 Å². The molecule has 0 fully saturated rings. The van der Waals surface area contributed by atoms with Crippen LogP contribution in [-0.4, -0.2) is 30.4 Å². The molecule has 2 unspecified atom stereocenters. The number of nitrogens with one attached hydrogen (secondary N) is 1. The second kappa shape index (κ2) is 7.40. The minimum absolute atomic E-state index is 0.396. The van der Waals surface area contributed by atoms with Gasteiger partial charge in [-0.3, -0.25) is 0 Å². The molecule has 0 spiro atoms. The van der Waals surface area contributed by atoms with Gasteiger partial charge in [-0.2, -0.15) is 11.3 Å². The maximum atomic E-state index is 10.0. The molecule has 0 aliphatic heterocycles. The van der Waals surface area contributed by atoms with Crippen LogP contribution < -0.4 is 10.1 Å². The zero-order valence-electron chi connectivity index (χ0n) is 11.3. The van der Waals surface area contributed by atoms with Crippen molar-refractivity contribution >= 4 is 11.3 Å². The molecule has 2 rings (SSSR count). The highest BCUT2D eigenvalue weighted by Gasteiger charge is 2.10. The van der Waals surface area contributed by atoms with Crippen LogP contribution >= 0.6 is 11.3 Å². The molecule has 1 aromatic carbocycles. The van der Waals surface area contributed by atoms with Crippen LogP contribution in [0.1, 0.15) is 23.3 Å². The fraction of sp³-hybridized carbons (Fsp3) is 0.333. The number of methoxy groups -OCH3 is 1. The van der Waals surface area contributed by atoms with Crippen molar-refractivity contribution in [3.05, 3.63) is 52.2 Å². The third-order valence-corrected chi connectivity index (χ3v) is 3.81. The molecule has 3 N–H and O–H groups in total. The first-order chi connectivity index (χ1) is 9.70. The van der Waals surface area contributed by atoms with Gasteiger partial charge in [-0.25, -0.2) is 0 Å². The van der Waals surface area contributed by atoms with Gasteiger partial charge < -0.3 is 20.3 Å². The molecule has 2 atom stereocenters. The van der Waals surface area contributed by atoms with Crippen LogP contribution in [0.3, 0.4) is 0 Å². The van der Waals surface area contributed by atoms with Gasteiger partial charge in [-0.15, -0.1) is 0 Å². The highest BCUT2D eigenvalue weighted by molar-refractivity contribution is 7.07. The van der Waals surface area contributed by atoms with Gasteiger partial charge in [0.05, 0.1) is 19.3 Å². The molecular weight excluding hydrogens is 274 g/mol. The Bertz CT molecular complexity index is 498. The largest absolute Gasteiger partial charge is 0.497 e. The number of thiophene rings is 1. The molecule has 2 aromatic rings. The maximum Gasteiger partial charge on any atom is 0.118 e. The summed E-state index contributed by atoms with van der Waals surface area (Å²) in [6, 6.07) is 9.20. The average Bonchev–Trinajstić information content (AvgIpc) is 3.01. The quantitative estimate of drug-likeness (QED) is 0.732. The van der Waals surface area contributed by atoms with Crippen molar-refractivity contribution in [1.29, 1.82) is 0 Å². The number of aliphatic hydroxyl groups excluding tert-OH is 2. The van der Waals surface area contributed by atoms with E-state index in [1.54, 1.807) is 18.4 Å². The van der Waals surface area contributed by atoms with Gasteiger partial charge in [-0.05, 0) is 40.1 Å². The van der Waals surface area contributed by atoms with E-state index in [1.165, 1.54) is 0 Å². The number of aliphatic hydroxyl groups is 2. The summed E-state index contributed by atoms with van der Waals surface area (Å²) in [6.07, 6.45) is -1.14. The zero-order chi connectivity index (χ0) is 14.4. The van der Waals surface area contributed by atoms with Crippen LogP contribution in [0.15, 0.2) is 41.1 Å². The summed E-state index contributed by atoms with van der Waals surface area (Å²) in [5.74, 6) is 0.766. The summed E-state index contributed by atoms with van der Waals surface area (Å²) >= 11 is 1.56. The first kappa shape index (κ1) is 15.0. The first-order valence-electron chi connectivity index (χ1n) is 6.43. The molecule has 0 saturated carbocycles. The lowest BCUT2D eigenvalue weighted by Gasteiger charge is -2.15. The molecule has 4 nitrogen and oxygen atoms in total. The molecule has 0 aliphatic rings. The zero-order valence-corrected chi connectivity index (χ0v) is 12.1. The van der Waals surface area contributed by atoms with Crippen molar-refractivity contribution in [2.24, 2.45) is 0 Å². The predicted octanol–water partition coefficient (Wildman–Crippen LogP) is 2.11. The highest BCUT2D eigenvalue weighted by Crippen LogP contribution is 2.18. The van der Waals surface area contributed by atoms with E-state index >= 15 is 0 Å². The standard InChI is InChI=1S/C15H19NO3S/c1-19-13-4-2-11(3-5-13)14(17)8-16-9-15(18)12-6-7-20-10-12/h2-7,10,14-18H,8-9H2,1H3. The van der Waals surface area contributed by atoms with Crippen LogP contribution in [0, 0.1) is 0 Å². The van der Waals surface area contributed by atoms with Gasteiger partial charge in [-0.1, -0.05) is 12.1 Å². The first-order valence-corrected chi connectivity index (χ1v) is 7.38. The summed E-state index contributed by atoms with van der Waals surface area (Å²) in [7, 11) is 1.61. The summed E-state index contributed by atoms with van der Waals surface area (Å²) in [5, 5.41) is 26.9. The Kier molecular flexibility index (Phi) is 5.55. The molecule has 0 radical (unpaired) electrons. The van der Waals surface area contributed by atoms with Gasteiger partial charge in [0.15, 0.2) is 0 Å². The third kappa shape index (κ3) is 4.05.